The van der Waals surface area contributed by atoms with Crippen LogP contribution in [0.1, 0.15) is 23.0 Å². The summed E-state index contributed by atoms with van der Waals surface area (Å²) >= 11 is 0. The van der Waals surface area contributed by atoms with Crippen LogP contribution >= 0.6 is 0 Å². The number of hydrogen-bond donors (Lipinski definition) is 1. The smallest absolute Gasteiger partial charge is 0.208 e. The first-order valence-electron chi connectivity index (χ1n) is 5.14. The molecule has 1 N–H and O–H groups in total. The molecule has 0 aromatic carbocycles. The largest absolute Gasteiger partial charge is 0.444 e. The average molecular weight is 218 g/mol. The normalized spacial score (nSPS) is 10.6. The van der Waals surface area contributed by atoms with Gasteiger partial charge in [-0.05, 0) is 13.8 Å². The Morgan fingerprint density at radius 2 is 2.12 bits per heavy atom. The van der Waals surface area contributed by atoms with Gasteiger partial charge in [-0.25, -0.2) is 4.98 Å². The maximum Gasteiger partial charge on any atom is 0.208 e. The minimum Gasteiger partial charge on any atom is -0.444 e. The minimum atomic E-state index is 0.602. The maximum atomic E-state index is 5.44. The number of rotatable bonds is 4. The van der Waals surface area contributed by atoms with Gasteiger partial charge in [0.1, 0.15) is 5.76 Å². The summed E-state index contributed by atoms with van der Waals surface area (Å²) in [7, 11) is 0. The molecule has 0 aliphatic heterocycles. The van der Waals surface area contributed by atoms with Gasteiger partial charge >= 0.3 is 0 Å². The minimum absolute atomic E-state index is 0.602. The molecule has 0 radical (unpaired) electrons. The van der Waals surface area contributed by atoms with Crippen molar-refractivity contribution in [2.24, 2.45) is 0 Å². The highest BCUT2D eigenvalue weighted by atomic mass is 16.4. The summed E-state index contributed by atoms with van der Waals surface area (Å²) in [5.41, 5.74) is 1.85. The zero-order valence-electron chi connectivity index (χ0n) is 9.40. The highest BCUT2D eigenvalue weighted by Gasteiger charge is 2.04. The van der Waals surface area contributed by atoms with Crippen molar-refractivity contribution in [1.82, 2.24) is 20.3 Å². The number of oxazole rings is 1. The zero-order chi connectivity index (χ0) is 11.4. The van der Waals surface area contributed by atoms with E-state index >= 15 is 0 Å². The molecule has 2 aromatic heterocycles. The molecule has 5 nitrogen and oxygen atoms in total. The van der Waals surface area contributed by atoms with Crippen molar-refractivity contribution in [2.75, 3.05) is 0 Å². The number of hydrogen-bond acceptors (Lipinski definition) is 5. The zero-order valence-corrected chi connectivity index (χ0v) is 9.40. The molecule has 16 heavy (non-hydrogen) atoms. The monoisotopic (exact) mass is 218 g/mol. The van der Waals surface area contributed by atoms with E-state index in [1.165, 1.54) is 0 Å². The lowest BCUT2D eigenvalue weighted by molar-refractivity contribution is 0.447. The molecule has 2 rings (SSSR count). The van der Waals surface area contributed by atoms with E-state index in [9.17, 15) is 0 Å². The Hall–Kier alpha value is -1.75. The molecular formula is C11H14N4O. The molecule has 0 aliphatic carbocycles. The van der Waals surface area contributed by atoms with Crippen LogP contribution in [0.25, 0.3) is 0 Å². The molecular weight excluding hydrogens is 204 g/mol. The van der Waals surface area contributed by atoms with Gasteiger partial charge < -0.3 is 9.73 Å². The fourth-order valence-corrected chi connectivity index (χ4v) is 1.33. The van der Waals surface area contributed by atoms with E-state index in [1.807, 2.05) is 13.8 Å². The molecule has 0 aliphatic rings. The van der Waals surface area contributed by atoms with Gasteiger partial charge in [0.15, 0.2) is 0 Å². The van der Waals surface area contributed by atoms with E-state index in [0.717, 1.165) is 17.1 Å². The predicted molar refractivity (Wildman–Crippen MR) is 58.6 cm³/mol. The Balaban J connectivity index is 1.84. The summed E-state index contributed by atoms with van der Waals surface area (Å²) in [4.78, 5) is 12.4. The Bertz CT molecular complexity index is 433. The highest BCUT2D eigenvalue weighted by molar-refractivity contribution is 5.05. The second-order valence-electron chi connectivity index (χ2n) is 3.55. The molecule has 2 heterocycles. The van der Waals surface area contributed by atoms with Crippen LogP contribution in [0.15, 0.2) is 23.0 Å². The van der Waals surface area contributed by atoms with E-state index in [1.54, 1.807) is 18.6 Å². The Morgan fingerprint density at radius 1 is 1.25 bits per heavy atom. The first-order chi connectivity index (χ1) is 7.75. The fraction of sp³-hybridized carbons (Fsp3) is 0.364. The van der Waals surface area contributed by atoms with Gasteiger partial charge in [0, 0.05) is 25.1 Å². The summed E-state index contributed by atoms with van der Waals surface area (Å²) < 4.78 is 5.44. The van der Waals surface area contributed by atoms with Gasteiger partial charge in [0.2, 0.25) is 5.89 Å². The summed E-state index contributed by atoms with van der Waals surface area (Å²) in [5.74, 6) is 1.58. The molecule has 5 heteroatoms. The van der Waals surface area contributed by atoms with E-state index in [-0.39, 0.29) is 0 Å². The second kappa shape index (κ2) is 4.85. The number of aromatic nitrogens is 3. The predicted octanol–water partition coefficient (Wildman–Crippen LogP) is 1.37. The third kappa shape index (κ3) is 2.64. The summed E-state index contributed by atoms with van der Waals surface area (Å²) in [5, 5.41) is 3.20. The Labute approximate surface area is 94.0 Å². The van der Waals surface area contributed by atoms with Crippen molar-refractivity contribution in [3.63, 3.8) is 0 Å². The third-order valence-electron chi connectivity index (χ3n) is 2.27. The van der Waals surface area contributed by atoms with Gasteiger partial charge in [0.05, 0.1) is 17.9 Å². The van der Waals surface area contributed by atoms with Gasteiger partial charge in [-0.15, -0.1) is 0 Å². The van der Waals surface area contributed by atoms with E-state index in [0.29, 0.717) is 19.0 Å². The molecule has 0 amide bonds. The summed E-state index contributed by atoms with van der Waals surface area (Å²) in [6, 6.07) is 0. The van der Waals surface area contributed by atoms with Gasteiger partial charge in [0.25, 0.3) is 0 Å². The van der Waals surface area contributed by atoms with Crippen LogP contribution in [0.3, 0.4) is 0 Å². The summed E-state index contributed by atoms with van der Waals surface area (Å²) in [6.45, 7) is 5.11. The lowest BCUT2D eigenvalue weighted by atomic mass is 10.4. The SMILES string of the molecule is Cc1nc(CNCc2cnccn2)oc1C. The molecule has 2 aromatic rings. The standard InChI is InChI=1S/C11H14N4O/c1-8-9(2)16-11(15-8)7-13-6-10-5-12-3-4-14-10/h3-5,13H,6-7H2,1-2H3. The van der Waals surface area contributed by atoms with Crippen LogP contribution in [-0.2, 0) is 13.1 Å². The molecule has 0 bridgehead atoms. The van der Waals surface area contributed by atoms with Crippen molar-refractivity contribution in [1.29, 1.82) is 0 Å². The van der Waals surface area contributed by atoms with Crippen molar-refractivity contribution in [3.05, 3.63) is 41.6 Å². The van der Waals surface area contributed by atoms with Crippen LogP contribution in [0, 0.1) is 13.8 Å². The second-order valence-corrected chi connectivity index (χ2v) is 3.55. The summed E-state index contributed by atoms with van der Waals surface area (Å²) in [6.07, 6.45) is 5.07. The molecule has 84 valence electrons. The average Bonchev–Trinajstić information content (AvgIpc) is 2.60. The topological polar surface area (TPSA) is 63.8 Å². The van der Waals surface area contributed by atoms with Crippen molar-refractivity contribution in [2.45, 2.75) is 26.9 Å². The quantitative estimate of drug-likeness (QED) is 0.839. The molecule has 0 unspecified atom stereocenters. The molecule has 0 saturated heterocycles. The molecule has 0 saturated carbocycles. The van der Waals surface area contributed by atoms with Crippen molar-refractivity contribution < 1.29 is 4.42 Å². The Morgan fingerprint density at radius 3 is 2.75 bits per heavy atom. The third-order valence-corrected chi connectivity index (χ3v) is 2.27. The van der Waals surface area contributed by atoms with Crippen molar-refractivity contribution in [3.8, 4) is 0 Å². The highest BCUT2D eigenvalue weighted by Crippen LogP contribution is 2.07. The van der Waals surface area contributed by atoms with E-state index in [2.05, 4.69) is 20.3 Å². The number of nitrogens with zero attached hydrogens (tertiary/aromatic N) is 3. The van der Waals surface area contributed by atoms with Crippen LogP contribution < -0.4 is 5.32 Å². The van der Waals surface area contributed by atoms with Crippen LogP contribution in [0.5, 0.6) is 0 Å². The van der Waals surface area contributed by atoms with Gasteiger partial charge in [-0.1, -0.05) is 0 Å². The lowest BCUT2D eigenvalue weighted by Gasteiger charge is -2.00. The molecule has 0 fully saturated rings. The number of nitrogens with one attached hydrogen (secondary N) is 1. The first kappa shape index (κ1) is 10.8. The Kier molecular flexibility index (Phi) is 3.26. The first-order valence-corrected chi connectivity index (χ1v) is 5.14. The fourth-order valence-electron chi connectivity index (χ4n) is 1.33. The lowest BCUT2D eigenvalue weighted by Crippen LogP contribution is -2.13. The van der Waals surface area contributed by atoms with Crippen LogP contribution in [0.2, 0.25) is 0 Å². The van der Waals surface area contributed by atoms with Crippen LogP contribution in [-0.4, -0.2) is 15.0 Å². The van der Waals surface area contributed by atoms with Gasteiger partial charge in [-0.3, -0.25) is 9.97 Å². The molecule has 0 atom stereocenters. The van der Waals surface area contributed by atoms with E-state index < -0.39 is 0 Å². The maximum absolute atomic E-state index is 5.44. The number of aryl methyl sites for hydroxylation is 2. The van der Waals surface area contributed by atoms with Gasteiger partial charge in [-0.2, -0.15) is 0 Å². The van der Waals surface area contributed by atoms with Crippen molar-refractivity contribution >= 4 is 0 Å². The van der Waals surface area contributed by atoms with Crippen LogP contribution in [0.4, 0.5) is 0 Å². The molecule has 0 spiro atoms. The van der Waals surface area contributed by atoms with E-state index in [4.69, 9.17) is 4.42 Å².